The average Bonchev–Trinajstić information content (AvgIpc) is 2.65. The summed E-state index contributed by atoms with van der Waals surface area (Å²) in [6, 6.07) is 7.51. The lowest BCUT2D eigenvalue weighted by molar-refractivity contribution is -0.146. The first-order valence-electron chi connectivity index (χ1n) is 9.32. The number of nitrogens with two attached hydrogens (primary N) is 1. The fraction of sp³-hybridized carbons (Fsp3) is 0.526. The van der Waals surface area contributed by atoms with Crippen molar-refractivity contribution >= 4 is 30.4 Å². The molecule has 1 aliphatic heterocycles. The number of carboxylic acid groups (broad SMARTS) is 1. The van der Waals surface area contributed by atoms with Gasteiger partial charge >= 0.3 is 13.1 Å². The SMILES string of the molecule is C=C(c1ccc(Cl)cc1)N1CCC(C(N)(CCCCB(O)O)C(=O)O)CC1. The smallest absolute Gasteiger partial charge is 0.451 e. The zero-order valence-corrected chi connectivity index (χ0v) is 16.2. The van der Waals surface area contributed by atoms with Gasteiger partial charge in [0.15, 0.2) is 0 Å². The molecule has 6 nitrogen and oxygen atoms in total. The third kappa shape index (κ3) is 5.72. The molecule has 0 spiro atoms. The van der Waals surface area contributed by atoms with Crippen LogP contribution in [0.25, 0.3) is 5.70 Å². The maximum Gasteiger partial charge on any atom is 0.451 e. The monoisotopic (exact) mass is 394 g/mol. The van der Waals surface area contributed by atoms with E-state index in [-0.39, 0.29) is 12.2 Å². The second kappa shape index (κ2) is 9.60. The molecule has 0 bridgehead atoms. The Morgan fingerprint density at radius 3 is 2.37 bits per heavy atom. The Labute approximate surface area is 165 Å². The predicted octanol–water partition coefficient (Wildman–Crippen LogP) is 2.45. The van der Waals surface area contributed by atoms with Gasteiger partial charge in [-0.15, -0.1) is 0 Å². The van der Waals surface area contributed by atoms with E-state index in [4.69, 9.17) is 27.4 Å². The number of rotatable bonds is 9. The molecule has 1 fully saturated rings. The molecule has 1 saturated heterocycles. The van der Waals surface area contributed by atoms with E-state index in [0.29, 0.717) is 50.2 Å². The Balaban J connectivity index is 1.93. The summed E-state index contributed by atoms with van der Waals surface area (Å²) in [6.07, 6.45) is 3.01. The first-order chi connectivity index (χ1) is 12.7. The van der Waals surface area contributed by atoms with E-state index in [9.17, 15) is 9.90 Å². The lowest BCUT2D eigenvalue weighted by atomic mass is 9.74. The van der Waals surface area contributed by atoms with Crippen molar-refractivity contribution in [3.8, 4) is 0 Å². The quantitative estimate of drug-likeness (QED) is 0.378. The van der Waals surface area contributed by atoms with Crippen LogP contribution in [0.2, 0.25) is 11.3 Å². The highest BCUT2D eigenvalue weighted by molar-refractivity contribution is 6.40. The minimum Gasteiger partial charge on any atom is -0.480 e. The van der Waals surface area contributed by atoms with Crippen LogP contribution in [0.1, 0.15) is 37.7 Å². The molecule has 0 aliphatic carbocycles. The number of halogens is 1. The molecule has 27 heavy (non-hydrogen) atoms. The Morgan fingerprint density at radius 1 is 1.26 bits per heavy atom. The third-order valence-electron chi connectivity index (χ3n) is 5.48. The topological polar surface area (TPSA) is 107 Å². The fourth-order valence-corrected chi connectivity index (χ4v) is 3.85. The van der Waals surface area contributed by atoms with Gasteiger partial charge in [-0.2, -0.15) is 0 Å². The van der Waals surface area contributed by atoms with E-state index in [0.717, 1.165) is 11.3 Å². The number of carboxylic acids is 1. The Kier molecular flexibility index (Phi) is 7.73. The number of unbranched alkanes of at least 4 members (excludes halogenated alkanes) is 1. The maximum atomic E-state index is 11.8. The number of nitrogens with zero attached hydrogens (tertiary/aromatic N) is 1. The van der Waals surface area contributed by atoms with Gasteiger partial charge in [-0.1, -0.05) is 43.2 Å². The van der Waals surface area contributed by atoms with Crippen molar-refractivity contribution in [2.75, 3.05) is 13.1 Å². The molecule has 1 aromatic carbocycles. The second-order valence-electron chi connectivity index (χ2n) is 7.29. The molecule has 8 heteroatoms. The summed E-state index contributed by atoms with van der Waals surface area (Å²) in [4.78, 5) is 14.0. The molecule has 0 aromatic heterocycles. The maximum absolute atomic E-state index is 11.8. The minimum atomic E-state index is -1.36. The molecule has 1 unspecified atom stereocenters. The van der Waals surface area contributed by atoms with E-state index < -0.39 is 18.6 Å². The summed E-state index contributed by atoms with van der Waals surface area (Å²) in [5, 5.41) is 28.2. The van der Waals surface area contributed by atoms with Gasteiger partial charge in [0.25, 0.3) is 0 Å². The number of hydrogen-bond acceptors (Lipinski definition) is 5. The van der Waals surface area contributed by atoms with Crippen LogP contribution in [0.4, 0.5) is 0 Å². The number of piperidine rings is 1. The van der Waals surface area contributed by atoms with Crippen LogP contribution in [-0.2, 0) is 4.79 Å². The molecule has 1 atom stereocenters. The van der Waals surface area contributed by atoms with Crippen molar-refractivity contribution in [2.24, 2.45) is 11.7 Å². The minimum absolute atomic E-state index is 0.122. The summed E-state index contributed by atoms with van der Waals surface area (Å²) < 4.78 is 0. The number of carbonyl (C=O) groups is 1. The summed E-state index contributed by atoms with van der Waals surface area (Å²) in [7, 11) is -1.36. The van der Waals surface area contributed by atoms with Gasteiger partial charge in [0.1, 0.15) is 5.54 Å². The molecule has 1 heterocycles. The van der Waals surface area contributed by atoms with E-state index in [1.54, 1.807) is 0 Å². The molecular formula is C19H28BClN2O4. The van der Waals surface area contributed by atoms with Crippen LogP contribution in [0.5, 0.6) is 0 Å². The normalized spacial score (nSPS) is 17.4. The van der Waals surface area contributed by atoms with E-state index >= 15 is 0 Å². The second-order valence-corrected chi connectivity index (χ2v) is 7.72. The molecule has 2 rings (SSSR count). The number of aliphatic carboxylic acids is 1. The van der Waals surface area contributed by atoms with E-state index in [2.05, 4.69) is 11.5 Å². The number of hydrogen-bond donors (Lipinski definition) is 4. The summed E-state index contributed by atoms with van der Waals surface area (Å²) in [5.74, 6) is -1.11. The van der Waals surface area contributed by atoms with Gasteiger partial charge in [-0.25, -0.2) is 0 Å². The predicted molar refractivity (Wildman–Crippen MR) is 108 cm³/mol. The molecule has 5 N–H and O–H groups in total. The van der Waals surface area contributed by atoms with Crippen molar-refractivity contribution in [3.05, 3.63) is 41.4 Å². The van der Waals surface area contributed by atoms with Crippen molar-refractivity contribution < 1.29 is 19.9 Å². The molecule has 1 aromatic rings. The highest BCUT2D eigenvalue weighted by Gasteiger charge is 2.43. The first kappa shape index (κ1) is 21.8. The van der Waals surface area contributed by atoms with Crippen LogP contribution in [-0.4, -0.2) is 51.8 Å². The van der Waals surface area contributed by atoms with Gasteiger partial charge in [0.2, 0.25) is 0 Å². The van der Waals surface area contributed by atoms with Crippen molar-refractivity contribution in [1.29, 1.82) is 0 Å². The van der Waals surface area contributed by atoms with Crippen LogP contribution >= 0.6 is 11.6 Å². The third-order valence-corrected chi connectivity index (χ3v) is 5.74. The Bertz CT molecular complexity index is 648. The van der Waals surface area contributed by atoms with Crippen molar-refractivity contribution in [1.82, 2.24) is 4.90 Å². The summed E-state index contributed by atoms with van der Waals surface area (Å²) in [5.41, 5.74) is 6.92. The summed E-state index contributed by atoms with van der Waals surface area (Å²) in [6.45, 7) is 5.57. The van der Waals surface area contributed by atoms with Gasteiger partial charge in [0, 0.05) is 23.8 Å². The van der Waals surface area contributed by atoms with Crippen LogP contribution in [0.15, 0.2) is 30.8 Å². The van der Waals surface area contributed by atoms with Crippen molar-refractivity contribution in [3.63, 3.8) is 0 Å². The van der Waals surface area contributed by atoms with Gasteiger partial charge < -0.3 is 25.8 Å². The molecule has 0 radical (unpaired) electrons. The number of likely N-dealkylation sites (tertiary alicyclic amines) is 1. The average molecular weight is 395 g/mol. The molecular weight excluding hydrogens is 366 g/mol. The van der Waals surface area contributed by atoms with Crippen molar-refractivity contribution in [2.45, 2.75) is 44.0 Å². The lowest BCUT2D eigenvalue weighted by Crippen LogP contribution is -2.56. The van der Waals surface area contributed by atoms with E-state index in [1.807, 2.05) is 24.3 Å². The first-order valence-corrected chi connectivity index (χ1v) is 9.70. The Hall–Kier alpha value is -1.54. The van der Waals surface area contributed by atoms with E-state index in [1.165, 1.54) is 0 Å². The van der Waals surface area contributed by atoms with Crippen LogP contribution in [0.3, 0.4) is 0 Å². The van der Waals surface area contributed by atoms with Crippen LogP contribution < -0.4 is 5.73 Å². The molecule has 0 amide bonds. The highest BCUT2D eigenvalue weighted by atomic mass is 35.5. The zero-order valence-electron chi connectivity index (χ0n) is 15.5. The highest BCUT2D eigenvalue weighted by Crippen LogP contribution is 2.33. The molecule has 0 saturated carbocycles. The Morgan fingerprint density at radius 2 is 1.85 bits per heavy atom. The van der Waals surface area contributed by atoms with Gasteiger partial charge in [-0.3, -0.25) is 4.79 Å². The van der Waals surface area contributed by atoms with Crippen LogP contribution in [0, 0.1) is 5.92 Å². The fourth-order valence-electron chi connectivity index (χ4n) is 3.72. The largest absolute Gasteiger partial charge is 0.480 e. The number of benzene rings is 1. The van der Waals surface area contributed by atoms with Gasteiger partial charge in [-0.05, 0) is 49.2 Å². The lowest BCUT2D eigenvalue weighted by Gasteiger charge is -2.41. The van der Waals surface area contributed by atoms with Gasteiger partial charge in [0.05, 0.1) is 0 Å². The summed E-state index contributed by atoms with van der Waals surface area (Å²) >= 11 is 5.93. The zero-order chi connectivity index (χ0) is 20.0. The molecule has 148 valence electrons. The standard InChI is InChI=1S/C19H28BClN2O4/c1-14(15-4-6-17(21)7-5-15)23-12-8-16(9-13-23)19(22,18(24)25)10-2-3-11-20(26)27/h4-7,16,26-27H,1-3,8-13,22H2,(H,24,25). The molecule has 1 aliphatic rings.